The SMILES string of the molecule is Nc1ccc(Oc2ccccc2)c(S(=O)(=O)O)c1. The van der Waals surface area contributed by atoms with Crippen LogP contribution in [0.5, 0.6) is 11.5 Å². The number of nitrogen functional groups attached to an aromatic ring is 1. The topological polar surface area (TPSA) is 89.6 Å². The van der Waals surface area contributed by atoms with Crippen LogP contribution in [0.4, 0.5) is 5.69 Å². The van der Waals surface area contributed by atoms with Crippen LogP contribution in [-0.4, -0.2) is 13.0 Å². The summed E-state index contributed by atoms with van der Waals surface area (Å²) in [6, 6.07) is 12.7. The zero-order valence-electron chi connectivity index (χ0n) is 9.28. The van der Waals surface area contributed by atoms with Crippen molar-refractivity contribution < 1.29 is 17.7 Å². The molecule has 0 saturated heterocycles. The van der Waals surface area contributed by atoms with Gasteiger partial charge in [0.25, 0.3) is 10.1 Å². The van der Waals surface area contributed by atoms with Gasteiger partial charge in [-0.1, -0.05) is 18.2 Å². The first kappa shape index (κ1) is 12.4. The molecule has 0 unspecified atom stereocenters. The molecule has 3 N–H and O–H groups in total. The molecule has 0 amide bonds. The maximum atomic E-state index is 11.2. The molecule has 0 heterocycles. The summed E-state index contributed by atoms with van der Waals surface area (Å²) in [6.07, 6.45) is 0. The molecule has 0 saturated carbocycles. The van der Waals surface area contributed by atoms with Crippen LogP contribution in [0.2, 0.25) is 0 Å². The average molecular weight is 265 g/mol. The van der Waals surface area contributed by atoms with Crippen molar-refractivity contribution in [1.82, 2.24) is 0 Å². The van der Waals surface area contributed by atoms with Gasteiger partial charge in [-0.25, -0.2) is 0 Å². The number of ether oxygens (including phenoxy) is 1. The molecule has 0 atom stereocenters. The molecule has 0 aliphatic rings. The van der Waals surface area contributed by atoms with Crippen molar-refractivity contribution in [3.63, 3.8) is 0 Å². The fourth-order valence-corrected chi connectivity index (χ4v) is 2.08. The Hall–Kier alpha value is -2.05. The summed E-state index contributed by atoms with van der Waals surface area (Å²) >= 11 is 0. The maximum Gasteiger partial charge on any atom is 0.298 e. The lowest BCUT2D eigenvalue weighted by Gasteiger charge is -2.09. The van der Waals surface area contributed by atoms with E-state index in [1.165, 1.54) is 12.1 Å². The largest absolute Gasteiger partial charge is 0.456 e. The summed E-state index contributed by atoms with van der Waals surface area (Å²) in [5, 5.41) is 0. The van der Waals surface area contributed by atoms with Gasteiger partial charge < -0.3 is 10.5 Å². The second-order valence-electron chi connectivity index (χ2n) is 3.60. The summed E-state index contributed by atoms with van der Waals surface area (Å²) in [5.74, 6) is 0.491. The summed E-state index contributed by atoms with van der Waals surface area (Å²) in [6.45, 7) is 0. The fraction of sp³-hybridized carbons (Fsp3) is 0. The predicted molar refractivity (Wildman–Crippen MR) is 67.2 cm³/mol. The third kappa shape index (κ3) is 2.79. The first-order valence-corrected chi connectivity index (χ1v) is 6.51. The fourth-order valence-electron chi connectivity index (χ4n) is 1.43. The van der Waals surface area contributed by atoms with Crippen molar-refractivity contribution in [2.24, 2.45) is 0 Å². The molecular formula is C12H11NO4S. The second-order valence-corrected chi connectivity index (χ2v) is 4.99. The van der Waals surface area contributed by atoms with E-state index in [9.17, 15) is 8.42 Å². The monoisotopic (exact) mass is 265 g/mol. The molecule has 0 fully saturated rings. The molecule has 5 nitrogen and oxygen atoms in total. The molecule has 2 rings (SSSR count). The lowest BCUT2D eigenvalue weighted by molar-refractivity contribution is 0.450. The highest BCUT2D eigenvalue weighted by molar-refractivity contribution is 7.86. The van der Waals surface area contributed by atoms with Crippen LogP contribution in [0.25, 0.3) is 0 Å². The van der Waals surface area contributed by atoms with Crippen molar-refractivity contribution in [2.75, 3.05) is 5.73 Å². The molecule has 0 bridgehead atoms. The Kier molecular flexibility index (Phi) is 3.22. The van der Waals surface area contributed by atoms with Gasteiger partial charge in [-0.2, -0.15) is 8.42 Å². The van der Waals surface area contributed by atoms with E-state index in [4.69, 9.17) is 15.0 Å². The van der Waals surface area contributed by atoms with Crippen molar-refractivity contribution in [1.29, 1.82) is 0 Å². The number of hydrogen-bond acceptors (Lipinski definition) is 4. The van der Waals surface area contributed by atoms with Gasteiger partial charge in [0.05, 0.1) is 0 Å². The Morgan fingerprint density at radius 3 is 2.33 bits per heavy atom. The molecule has 2 aromatic rings. The quantitative estimate of drug-likeness (QED) is 0.656. The Labute approximate surface area is 105 Å². The lowest BCUT2D eigenvalue weighted by Crippen LogP contribution is -2.02. The van der Waals surface area contributed by atoms with Crippen LogP contribution in [0.3, 0.4) is 0 Å². The third-order valence-electron chi connectivity index (χ3n) is 2.22. The Balaban J connectivity index is 2.46. The van der Waals surface area contributed by atoms with Crippen LogP contribution in [0.1, 0.15) is 0 Å². The molecule has 0 radical (unpaired) electrons. The highest BCUT2D eigenvalue weighted by atomic mass is 32.2. The van der Waals surface area contributed by atoms with Crippen LogP contribution in [0, 0.1) is 0 Å². The minimum absolute atomic E-state index is 0.0258. The molecule has 2 aromatic carbocycles. The zero-order valence-corrected chi connectivity index (χ0v) is 10.1. The van der Waals surface area contributed by atoms with E-state index < -0.39 is 10.1 Å². The lowest BCUT2D eigenvalue weighted by atomic mass is 10.3. The normalized spacial score (nSPS) is 11.2. The second kappa shape index (κ2) is 4.67. The number of rotatable bonds is 3. The highest BCUT2D eigenvalue weighted by Gasteiger charge is 2.17. The zero-order chi connectivity index (χ0) is 13.2. The molecule has 6 heteroatoms. The summed E-state index contributed by atoms with van der Waals surface area (Å²) in [7, 11) is -4.38. The van der Waals surface area contributed by atoms with Crippen LogP contribution < -0.4 is 10.5 Å². The molecule has 0 aromatic heterocycles. The van der Waals surface area contributed by atoms with Gasteiger partial charge in [0.15, 0.2) is 0 Å². The molecule has 94 valence electrons. The van der Waals surface area contributed by atoms with E-state index in [1.54, 1.807) is 30.3 Å². The summed E-state index contributed by atoms with van der Waals surface area (Å²) in [5.41, 5.74) is 5.71. The van der Waals surface area contributed by atoms with Gasteiger partial charge >= 0.3 is 0 Å². The van der Waals surface area contributed by atoms with E-state index in [1.807, 2.05) is 0 Å². The van der Waals surface area contributed by atoms with Crippen molar-refractivity contribution >= 4 is 15.8 Å². The van der Waals surface area contributed by atoms with Crippen molar-refractivity contribution in [3.8, 4) is 11.5 Å². The van der Waals surface area contributed by atoms with Gasteiger partial charge in [-0.05, 0) is 30.3 Å². The summed E-state index contributed by atoms with van der Waals surface area (Å²) in [4.78, 5) is -0.355. The Morgan fingerprint density at radius 2 is 1.72 bits per heavy atom. The number of para-hydroxylation sites is 1. The molecule has 0 aliphatic heterocycles. The van der Waals surface area contributed by atoms with Gasteiger partial charge in [-0.3, -0.25) is 4.55 Å². The molecular weight excluding hydrogens is 254 g/mol. The standard InChI is InChI=1S/C12H11NO4S/c13-9-6-7-11(12(8-9)18(14,15)16)17-10-4-2-1-3-5-10/h1-8H,13H2,(H,14,15,16). The number of benzene rings is 2. The third-order valence-corrected chi connectivity index (χ3v) is 3.09. The van der Waals surface area contributed by atoms with Gasteiger partial charge in [0, 0.05) is 5.69 Å². The number of nitrogens with two attached hydrogens (primary N) is 1. The van der Waals surface area contributed by atoms with Crippen LogP contribution >= 0.6 is 0 Å². The average Bonchev–Trinajstić information content (AvgIpc) is 2.31. The smallest absolute Gasteiger partial charge is 0.298 e. The predicted octanol–water partition coefficient (Wildman–Crippen LogP) is 2.31. The minimum Gasteiger partial charge on any atom is -0.456 e. The first-order chi connectivity index (χ1) is 8.47. The minimum atomic E-state index is -4.38. The van der Waals surface area contributed by atoms with Crippen LogP contribution in [0.15, 0.2) is 53.4 Å². The van der Waals surface area contributed by atoms with E-state index in [0.29, 0.717) is 5.75 Å². The van der Waals surface area contributed by atoms with Gasteiger partial charge in [0.2, 0.25) is 0 Å². The van der Waals surface area contributed by atoms with E-state index in [2.05, 4.69) is 0 Å². The highest BCUT2D eigenvalue weighted by Crippen LogP contribution is 2.30. The molecule has 0 spiro atoms. The molecule has 0 aliphatic carbocycles. The van der Waals surface area contributed by atoms with E-state index in [-0.39, 0.29) is 16.3 Å². The maximum absolute atomic E-state index is 11.2. The van der Waals surface area contributed by atoms with Gasteiger partial charge in [-0.15, -0.1) is 0 Å². The Bertz CT molecular complexity index is 653. The number of anilines is 1. The number of hydrogen-bond donors (Lipinski definition) is 2. The van der Waals surface area contributed by atoms with Gasteiger partial charge in [0.1, 0.15) is 16.4 Å². The first-order valence-electron chi connectivity index (χ1n) is 5.07. The van der Waals surface area contributed by atoms with Crippen molar-refractivity contribution in [2.45, 2.75) is 4.90 Å². The van der Waals surface area contributed by atoms with E-state index >= 15 is 0 Å². The van der Waals surface area contributed by atoms with Crippen molar-refractivity contribution in [3.05, 3.63) is 48.5 Å². The summed E-state index contributed by atoms with van der Waals surface area (Å²) < 4.78 is 36.9. The molecule has 18 heavy (non-hydrogen) atoms. The van der Waals surface area contributed by atoms with Crippen LogP contribution in [-0.2, 0) is 10.1 Å². The van der Waals surface area contributed by atoms with E-state index in [0.717, 1.165) is 6.07 Å². The Morgan fingerprint density at radius 1 is 1.06 bits per heavy atom.